The third-order valence-corrected chi connectivity index (χ3v) is 2.59. The molecule has 0 atom stereocenters. The van der Waals surface area contributed by atoms with E-state index in [-0.39, 0.29) is 0 Å². The van der Waals surface area contributed by atoms with Gasteiger partial charge in [0.05, 0.1) is 6.54 Å². The van der Waals surface area contributed by atoms with Gasteiger partial charge in [-0.2, -0.15) is 0 Å². The van der Waals surface area contributed by atoms with Gasteiger partial charge in [-0.05, 0) is 30.8 Å². The lowest BCUT2D eigenvalue weighted by Gasteiger charge is -2.22. The minimum Gasteiger partial charge on any atom is -0.376 e. The van der Waals surface area contributed by atoms with Gasteiger partial charge in [0, 0.05) is 5.69 Å². The van der Waals surface area contributed by atoms with Crippen molar-refractivity contribution in [2.24, 2.45) is 5.73 Å². The number of nitrogens with zero attached hydrogens (tertiary/aromatic N) is 1. The van der Waals surface area contributed by atoms with Gasteiger partial charge >= 0.3 is 0 Å². The average molecular weight is 235 g/mol. The van der Waals surface area contributed by atoms with Gasteiger partial charge in [0.15, 0.2) is 5.11 Å². The lowest BCUT2D eigenvalue weighted by atomic mass is 10.2. The molecule has 0 fully saturated rings. The molecule has 1 aromatic carbocycles. The lowest BCUT2D eigenvalue weighted by molar-refractivity contribution is 0.705. The predicted octanol–water partition coefficient (Wildman–Crippen LogP) is 3.48. The molecule has 87 valence electrons. The van der Waals surface area contributed by atoms with Crippen LogP contribution >= 0.6 is 12.2 Å². The molecule has 0 bridgehead atoms. The average Bonchev–Trinajstić information content (AvgIpc) is 2.30. The fraction of sp³-hybridized carbons (Fsp3) is 0.385. The molecule has 0 amide bonds. The summed E-state index contributed by atoms with van der Waals surface area (Å²) in [5.74, 6) is 0. The second-order valence-corrected chi connectivity index (χ2v) is 4.14. The standard InChI is InChI=1S/C13H19N2S/c1-2-3-4-8-11-15(13(14)16)12-9-6-5-7-10-12/h5-7,9-11H,2-4,8H2,1H3,(H2,14,16). The van der Waals surface area contributed by atoms with Crippen molar-refractivity contribution in [3.05, 3.63) is 36.9 Å². The van der Waals surface area contributed by atoms with Crippen molar-refractivity contribution in [3.8, 4) is 0 Å². The van der Waals surface area contributed by atoms with Crippen LogP contribution in [-0.2, 0) is 0 Å². The fourth-order valence-corrected chi connectivity index (χ4v) is 1.71. The van der Waals surface area contributed by atoms with E-state index in [1.54, 1.807) is 0 Å². The molecule has 0 spiro atoms. The van der Waals surface area contributed by atoms with Crippen LogP contribution in [-0.4, -0.2) is 5.11 Å². The van der Waals surface area contributed by atoms with E-state index in [2.05, 4.69) is 13.5 Å². The molecule has 0 aromatic heterocycles. The van der Waals surface area contributed by atoms with Crippen molar-refractivity contribution >= 4 is 23.0 Å². The Morgan fingerprint density at radius 3 is 2.56 bits per heavy atom. The summed E-state index contributed by atoms with van der Waals surface area (Å²) in [7, 11) is 0. The van der Waals surface area contributed by atoms with Crippen LogP contribution in [0.15, 0.2) is 30.3 Å². The first kappa shape index (κ1) is 13.0. The summed E-state index contributed by atoms with van der Waals surface area (Å²) in [5, 5.41) is 0.405. The largest absolute Gasteiger partial charge is 0.376 e. The Balaban J connectivity index is 2.52. The van der Waals surface area contributed by atoms with E-state index in [4.69, 9.17) is 18.0 Å². The number of nitrogens with two attached hydrogens (primary N) is 1. The summed E-state index contributed by atoms with van der Waals surface area (Å²) in [6.07, 6.45) is 4.67. The first-order valence-electron chi connectivity index (χ1n) is 5.72. The molecule has 1 aromatic rings. The van der Waals surface area contributed by atoms with Crippen molar-refractivity contribution in [1.29, 1.82) is 0 Å². The number of hydrogen-bond donors (Lipinski definition) is 1. The van der Waals surface area contributed by atoms with Crippen molar-refractivity contribution < 1.29 is 0 Å². The quantitative estimate of drug-likeness (QED) is 0.604. The number of para-hydroxylation sites is 1. The number of rotatable bonds is 6. The Kier molecular flexibility index (Phi) is 5.86. The van der Waals surface area contributed by atoms with Gasteiger partial charge in [0.2, 0.25) is 0 Å². The van der Waals surface area contributed by atoms with E-state index in [9.17, 15) is 0 Å². The zero-order valence-electron chi connectivity index (χ0n) is 9.73. The van der Waals surface area contributed by atoms with Gasteiger partial charge in [-0.1, -0.05) is 44.4 Å². The van der Waals surface area contributed by atoms with Crippen LogP contribution in [0.3, 0.4) is 0 Å². The van der Waals surface area contributed by atoms with Crippen molar-refractivity contribution in [3.63, 3.8) is 0 Å². The molecule has 2 N–H and O–H groups in total. The summed E-state index contributed by atoms with van der Waals surface area (Å²) in [6, 6.07) is 9.98. The van der Waals surface area contributed by atoms with Crippen LogP contribution < -0.4 is 10.6 Å². The minimum absolute atomic E-state index is 0.405. The third kappa shape index (κ3) is 4.19. The molecule has 0 heterocycles. The maximum absolute atomic E-state index is 5.71. The van der Waals surface area contributed by atoms with Crippen LogP contribution in [0.5, 0.6) is 0 Å². The Labute approximate surface area is 103 Å². The highest BCUT2D eigenvalue weighted by Crippen LogP contribution is 2.16. The Hall–Kier alpha value is -1.09. The maximum Gasteiger partial charge on any atom is 0.171 e. The molecule has 2 nitrogen and oxygen atoms in total. The van der Waals surface area contributed by atoms with Gasteiger partial charge in [-0.25, -0.2) is 0 Å². The third-order valence-electron chi connectivity index (χ3n) is 2.39. The van der Waals surface area contributed by atoms with E-state index in [0.29, 0.717) is 5.11 Å². The highest BCUT2D eigenvalue weighted by molar-refractivity contribution is 7.80. The summed E-state index contributed by atoms with van der Waals surface area (Å²) in [5.41, 5.74) is 6.74. The second kappa shape index (κ2) is 7.23. The first-order valence-corrected chi connectivity index (χ1v) is 6.13. The number of hydrogen-bond acceptors (Lipinski definition) is 1. The van der Waals surface area contributed by atoms with E-state index in [0.717, 1.165) is 12.1 Å². The van der Waals surface area contributed by atoms with E-state index >= 15 is 0 Å². The zero-order valence-corrected chi connectivity index (χ0v) is 10.5. The molecule has 1 radical (unpaired) electrons. The van der Waals surface area contributed by atoms with Gasteiger partial charge in [0.25, 0.3) is 0 Å². The van der Waals surface area contributed by atoms with Crippen LogP contribution in [0.1, 0.15) is 32.6 Å². The summed E-state index contributed by atoms with van der Waals surface area (Å²) >= 11 is 5.05. The lowest BCUT2D eigenvalue weighted by Crippen LogP contribution is -2.33. The fourth-order valence-electron chi connectivity index (χ4n) is 1.53. The molecule has 1 rings (SSSR count). The molecular weight excluding hydrogens is 216 g/mol. The monoisotopic (exact) mass is 235 g/mol. The topological polar surface area (TPSA) is 29.3 Å². The van der Waals surface area contributed by atoms with Gasteiger partial charge in [0.1, 0.15) is 0 Å². The number of benzene rings is 1. The Morgan fingerprint density at radius 1 is 1.31 bits per heavy atom. The molecule has 16 heavy (non-hydrogen) atoms. The molecule has 0 saturated carbocycles. The number of unbranched alkanes of at least 4 members (excludes halogenated alkanes) is 3. The summed E-state index contributed by atoms with van der Waals surface area (Å²) in [4.78, 5) is 1.88. The second-order valence-electron chi connectivity index (χ2n) is 3.72. The van der Waals surface area contributed by atoms with Gasteiger partial charge in [-0.3, -0.25) is 0 Å². The van der Waals surface area contributed by atoms with Crippen LogP contribution in [0, 0.1) is 6.54 Å². The molecular formula is C13H19N2S. The van der Waals surface area contributed by atoms with Crippen LogP contribution in [0.4, 0.5) is 5.69 Å². The van der Waals surface area contributed by atoms with Gasteiger partial charge < -0.3 is 10.6 Å². The highest BCUT2D eigenvalue weighted by atomic mass is 32.1. The number of thiocarbonyl (C=S) groups is 1. The predicted molar refractivity (Wildman–Crippen MR) is 74.1 cm³/mol. The number of anilines is 1. The van der Waals surface area contributed by atoms with Crippen LogP contribution in [0.25, 0.3) is 0 Å². The molecule has 0 saturated heterocycles. The smallest absolute Gasteiger partial charge is 0.171 e. The summed E-state index contributed by atoms with van der Waals surface area (Å²) < 4.78 is 0. The SMILES string of the molecule is CCCCC[CH]N(C(N)=S)c1ccccc1. The minimum atomic E-state index is 0.405. The molecule has 0 aliphatic rings. The Bertz CT molecular complexity index is 311. The molecule has 3 heteroatoms. The van der Waals surface area contributed by atoms with Crippen molar-refractivity contribution in [2.75, 3.05) is 4.90 Å². The Morgan fingerprint density at radius 2 is 2.00 bits per heavy atom. The molecule has 0 aliphatic carbocycles. The first-order chi connectivity index (χ1) is 7.75. The maximum atomic E-state index is 5.71. The van der Waals surface area contributed by atoms with E-state index < -0.39 is 0 Å². The van der Waals surface area contributed by atoms with E-state index in [1.807, 2.05) is 35.2 Å². The van der Waals surface area contributed by atoms with Gasteiger partial charge in [-0.15, -0.1) is 0 Å². The zero-order chi connectivity index (χ0) is 11.8. The van der Waals surface area contributed by atoms with Crippen molar-refractivity contribution in [1.82, 2.24) is 0 Å². The highest BCUT2D eigenvalue weighted by Gasteiger charge is 2.08. The normalized spacial score (nSPS) is 10.1. The molecule has 0 unspecified atom stereocenters. The van der Waals surface area contributed by atoms with Crippen molar-refractivity contribution in [2.45, 2.75) is 32.6 Å². The van der Waals surface area contributed by atoms with E-state index in [1.165, 1.54) is 19.3 Å². The van der Waals surface area contributed by atoms with Crippen LogP contribution in [0.2, 0.25) is 0 Å². The summed E-state index contributed by atoms with van der Waals surface area (Å²) in [6.45, 7) is 4.27. The molecule has 0 aliphatic heterocycles.